The van der Waals surface area contributed by atoms with Gasteiger partial charge in [0, 0.05) is 17.8 Å². The Kier molecular flexibility index (Phi) is 6.66. The average Bonchev–Trinajstić information content (AvgIpc) is 3.10. The number of carbonyl (C=O) groups is 1. The van der Waals surface area contributed by atoms with E-state index in [1.165, 1.54) is 17.3 Å². The maximum Gasteiger partial charge on any atom is 0.234 e. The Labute approximate surface area is 169 Å². The van der Waals surface area contributed by atoms with E-state index < -0.39 is 0 Å². The molecule has 1 heterocycles. The van der Waals surface area contributed by atoms with Crippen molar-refractivity contribution in [1.82, 2.24) is 14.8 Å². The third-order valence-corrected chi connectivity index (χ3v) is 5.25. The van der Waals surface area contributed by atoms with E-state index >= 15 is 0 Å². The van der Waals surface area contributed by atoms with Gasteiger partial charge in [-0.25, -0.2) is 0 Å². The molecule has 1 aromatic heterocycles. The Balaban J connectivity index is 1.69. The summed E-state index contributed by atoms with van der Waals surface area (Å²) in [5.41, 5.74) is 4.21. The summed E-state index contributed by atoms with van der Waals surface area (Å²) in [6, 6.07) is 16.0. The normalized spacial score (nSPS) is 10.6. The molecule has 1 amide bonds. The van der Waals surface area contributed by atoms with Crippen LogP contribution in [0.2, 0.25) is 0 Å². The molecule has 0 saturated heterocycles. The van der Waals surface area contributed by atoms with E-state index in [2.05, 4.69) is 35.1 Å². The number of hydrogen-bond donors (Lipinski definition) is 1. The molecular formula is C22H24N4OS. The van der Waals surface area contributed by atoms with E-state index in [0.717, 1.165) is 29.1 Å². The van der Waals surface area contributed by atoms with E-state index in [9.17, 15) is 4.79 Å². The van der Waals surface area contributed by atoms with Crippen LogP contribution in [0.4, 0.5) is 5.69 Å². The van der Waals surface area contributed by atoms with Crippen molar-refractivity contribution in [2.45, 2.75) is 32.0 Å². The van der Waals surface area contributed by atoms with E-state index in [0.29, 0.717) is 11.7 Å². The zero-order chi connectivity index (χ0) is 19.9. The van der Waals surface area contributed by atoms with Crippen LogP contribution in [0.1, 0.15) is 18.1 Å². The largest absolute Gasteiger partial charge is 0.325 e. The molecule has 0 saturated carbocycles. The SMILES string of the molecule is C=CCn1c(SCC(=O)Nc2ccc(CC)cc2)nnc1-c1cccc(C)c1. The first-order valence-corrected chi connectivity index (χ1v) is 10.2. The Morgan fingerprint density at radius 1 is 1.21 bits per heavy atom. The molecule has 2 aromatic carbocycles. The summed E-state index contributed by atoms with van der Waals surface area (Å²) < 4.78 is 1.98. The number of benzene rings is 2. The van der Waals surface area contributed by atoms with E-state index in [4.69, 9.17) is 0 Å². The number of allylic oxidation sites excluding steroid dienone is 1. The van der Waals surface area contributed by atoms with E-state index in [-0.39, 0.29) is 11.7 Å². The van der Waals surface area contributed by atoms with E-state index in [1.54, 1.807) is 0 Å². The fourth-order valence-electron chi connectivity index (χ4n) is 2.84. The number of aromatic nitrogens is 3. The number of rotatable bonds is 8. The summed E-state index contributed by atoms with van der Waals surface area (Å²) in [5, 5.41) is 12.3. The summed E-state index contributed by atoms with van der Waals surface area (Å²) >= 11 is 1.37. The lowest BCUT2D eigenvalue weighted by molar-refractivity contribution is -0.113. The first kappa shape index (κ1) is 19.9. The molecule has 0 radical (unpaired) electrons. The molecule has 0 bridgehead atoms. The fraction of sp³-hybridized carbons (Fsp3) is 0.227. The van der Waals surface area contributed by atoms with Crippen molar-refractivity contribution in [3.63, 3.8) is 0 Å². The number of nitrogens with zero attached hydrogens (tertiary/aromatic N) is 3. The predicted octanol–water partition coefficient (Wildman–Crippen LogP) is 4.73. The van der Waals surface area contributed by atoms with Gasteiger partial charge >= 0.3 is 0 Å². The van der Waals surface area contributed by atoms with Gasteiger partial charge < -0.3 is 5.32 Å². The number of thioether (sulfide) groups is 1. The number of amides is 1. The second-order valence-electron chi connectivity index (χ2n) is 6.46. The van der Waals surface area contributed by atoms with Crippen molar-refractivity contribution in [2.75, 3.05) is 11.1 Å². The van der Waals surface area contributed by atoms with Crippen LogP contribution >= 0.6 is 11.8 Å². The first-order chi connectivity index (χ1) is 13.6. The number of aryl methyl sites for hydroxylation is 2. The lowest BCUT2D eigenvalue weighted by Crippen LogP contribution is -2.14. The van der Waals surface area contributed by atoms with Crippen molar-refractivity contribution < 1.29 is 4.79 Å². The van der Waals surface area contributed by atoms with Gasteiger partial charge in [0.15, 0.2) is 11.0 Å². The molecule has 0 atom stereocenters. The highest BCUT2D eigenvalue weighted by atomic mass is 32.2. The van der Waals surface area contributed by atoms with Crippen LogP contribution in [-0.2, 0) is 17.8 Å². The van der Waals surface area contributed by atoms with Gasteiger partial charge in [0.2, 0.25) is 5.91 Å². The number of hydrogen-bond acceptors (Lipinski definition) is 4. The molecule has 6 heteroatoms. The van der Waals surface area contributed by atoms with Crippen LogP contribution in [0, 0.1) is 6.92 Å². The van der Waals surface area contributed by atoms with Crippen molar-refractivity contribution in [3.05, 3.63) is 72.3 Å². The van der Waals surface area contributed by atoms with Crippen molar-refractivity contribution >= 4 is 23.4 Å². The summed E-state index contributed by atoms with van der Waals surface area (Å²) in [5.74, 6) is 0.972. The number of carbonyl (C=O) groups excluding carboxylic acids is 1. The molecule has 0 aliphatic heterocycles. The topological polar surface area (TPSA) is 59.8 Å². The van der Waals surface area contributed by atoms with Crippen LogP contribution in [-0.4, -0.2) is 26.4 Å². The predicted molar refractivity (Wildman–Crippen MR) is 116 cm³/mol. The molecule has 144 valence electrons. The highest BCUT2D eigenvalue weighted by Crippen LogP contribution is 2.25. The lowest BCUT2D eigenvalue weighted by atomic mass is 10.1. The summed E-state index contributed by atoms with van der Waals surface area (Å²) in [6.45, 7) is 8.56. The number of nitrogens with one attached hydrogen (secondary N) is 1. The lowest BCUT2D eigenvalue weighted by Gasteiger charge is -2.09. The molecular weight excluding hydrogens is 368 g/mol. The molecule has 5 nitrogen and oxygen atoms in total. The standard InChI is InChI=1S/C22H24N4OS/c1-4-13-26-21(18-8-6-7-16(3)14-18)24-25-22(26)28-15-20(27)23-19-11-9-17(5-2)10-12-19/h4,6-12,14H,1,5,13,15H2,2-3H3,(H,23,27). The molecule has 0 aliphatic carbocycles. The monoisotopic (exact) mass is 392 g/mol. The van der Waals surface area contributed by atoms with Crippen LogP contribution in [0.25, 0.3) is 11.4 Å². The van der Waals surface area contributed by atoms with Gasteiger partial charge in [-0.05, 0) is 37.1 Å². The van der Waals surface area contributed by atoms with Gasteiger partial charge in [-0.15, -0.1) is 16.8 Å². The van der Waals surface area contributed by atoms with Crippen LogP contribution in [0.5, 0.6) is 0 Å². The van der Waals surface area contributed by atoms with Gasteiger partial charge in [0.05, 0.1) is 5.75 Å². The second kappa shape index (κ2) is 9.37. The molecule has 0 aliphatic rings. The summed E-state index contributed by atoms with van der Waals surface area (Å²) in [7, 11) is 0. The maximum absolute atomic E-state index is 12.3. The van der Waals surface area contributed by atoms with Gasteiger partial charge in [0.1, 0.15) is 0 Å². The average molecular weight is 393 g/mol. The Morgan fingerprint density at radius 2 is 2.00 bits per heavy atom. The van der Waals surface area contributed by atoms with Gasteiger partial charge in [0.25, 0.3) is 0 Å². The molecule has 1 N–H and O–H groups in total. The molecule has 0 fully saturated rings. The molecule has 0 unspecified atom stereocenters. The highest BCUT2D eigenvalue weighted by Gasteiger charge is 2.15. The molecule has 3 rings (SSSR count). The smallest absolute Gasteiger partial charge is 0.234 e. The van der Waals surface area contributed by atoms with Crippen molar-refractivity contribution in [2.24, 2.45) is 0 Å². The molecule has 28 heavy (non-hydrogen) atoms. The molecule has 0 spiro atoms. The third kappa shape index (κ3) is 4.89. The van der Waals surface area contributed by atoms with E-state index in [1.807, 2.05) is 60.0 Å². The maximum atomic E-state index is 12.3. The minimum absolute atomic E-state index is 0.0699. The van der Waals surface area contributed by atoms with Gasteiger partial charge in [-0.3, -0.25) is 9.36 Å². The van der Waals surface area contributed by atoms with Crippen molar-refractivity contribution in [3.8, 4) is 11.4 Å². The van der Waals surface area contributed by atoms with Crippen LogP contribution in [0.15, 0.2) is 66.3 Å². The minimum Gasteiger partial charge on any atom is -0.325 e. The zero-order valence-electron chi connectivity index (χ0n) is 16.2. The summed E-state index contributed by atoms with van der Waals surface area (Å²) in [6.07, 6.45) is 2.79. The summed E-state index contributed by atoms with van der Waals surface area (Å²) in [4.78, 5) is 12.3. The Hall–Kier alpha value is -2.86. The van der Waals surface area contributed by atoms with Gasteiger partial charge in [-0.2, -0.15) is 0 Å². The number of anilines is 1. The van der Waals surface area contributed by atoms with Crippen LogP contribution < -0.4 is 5.32 Å². The zero-order valence-corrected chi connectivity index (χ0v) is 17.0. The fourth-order valence-corrected chi connectivity index (χ4v) is 3.59. The third-order valence-electron chi connectivity index (χ3n) is 4.28. The quantitative estimate of drug-likeness (QED) is 0.445. The Bertz CT molecular complexity index is 963. The van der Waals surface area contributed by atoms with Gasteiger partial charge in [-0.1, -0.05) is 60.7 Å². The first-order valence-electron chi connectivity index (χ1n) is 9.23. The van der Waals surface area contributed by atoms with Crippen LogP contribution in [0.3, 0.4) is 0 Å². The molecule has 3 aromatic rings. The van der Waals surface area contributed by atoms with Crippen molar-refractivity contribution in [1.29, 1.82) is 0 Å². The second-order valence-corrected chi connectivity index (χ2v) is 7.40. The minimum atomic E-state index is -0.0699. The highest BCUT2D eigenvalue weighted by molar-refractivity contribution is 7.99. The Morgan fingerprint density at radius 3 is 2.68 bits per heavy atom.